The molecule has 16 heavy (non-hydrogen) atoms. The van der Waals surface area contributed by atoms with Gasteiger partial charge in [-0.05, 0) is 37.9 Å². The predicted octanol–water partition coefficient (Wildman–Crippen LogP) is 3.31. The van der Waals surface area contributed by atoms with Gasteiger partial charge in [0.2, 0.25) is 0 Å². The summed E-state index contributed by atoms with van der Waals surface area (Å²) in [4.78, 5) is 0. The Hall–Kier alpha value is -1.02. The highest BCUT2D eigenvalue weighted by molar-refractivity contribution is 5.39. The summed E-state index contributed by atoms with van der Waals surface area (Å²) in [6.45, 7) is 6.57. The third-order valence-corrected chi connectivity index (χ3v) is 2.82. The second-order valence-electron chi connectivity index (χ2n) is 4.72. The van der Waals surface area contributed by atoms with Gasteiger partial charge in [0, 0.05) is 11.6 Å². The topological polar surface area (TPSA) is 21.3 Å². The van der Waals surface area contributed by atoms with Gasteiger partial charge < -0.3 is 10.1 Å². The van der Waals surface area contributed by atoms with Gasteiger partial charge in [-0.1, -0.05) is 26.0 Å². The lowest BCUT2D eigenvalue weighted by Crippen LogP contribution is -2.19. The summed E-state index contributed by atoms with van der Waals surface area (Å²) in [5.41, 5.74) is 2.49. The predicted molar refractivity (Wildman–Crippen MR) is 69.0 cm³/mol. The summed E-state index contributed by atoms with van der Waals surface area (Å²) in [5, 5.41) is 3.36. The van der Waals surface area contributed by atoms with E-state index < -0.39 is 0 Å². The monoisotopic (exact) mass is 221 g/mol. The van der Waals surface area contributed by atoms with E-state index in [1.807, 2.05) is 7.05 Å². The van der Waals surface area contributed by atoms with Crippen LogP contribution in [0.3, 0.4) is 0 Å². The highest BCUT2D eigenvalue weighted by Crippen LogP contribution is 2.29. The molecule has 1 aromatic carbocycles. The first-order valence-corrected chi connectivity index (χ1v) is 5.90. The zero-order valence-electron chi connectivity index (χ0n) is 11.0. The summed E-state index contributed by atoms with van der Waals surface area (Å²) in [7, 11) is 3.74. The fourth-order valence-corrected chi connectivity index (χ4v) is 1.98. The van der Waals surface area contributed by atoms with Crippen LogP contribution in [-0.2, 0) is 0 Å². The highest BCUT2D eigenvalue weighted by atomic mass is 16.5. The Bertz CT molecular complexity index is 334. The van der Waals surface area contributed by atoms with Crippen molar-refractivity contribution in [3.05, 3.63) is 29.3 Å². The number of benzene rings is 1. The molecule has 90 valence electrons. The molecular weight excluding hydrogens is 198 g/mol. The molecule has 0 bridgehead atoms. The van der Waals surface area contributed by atoms with E-state index in [-0.39, 0.29) is 0 Å². The number of rotatable bonds is 5. The van der Waals surface area contributed by atoms with E-state index >= 15 is 0 Å². The first-order valence-electron chi connectivity index (χ1n) is 5.90. The fourth-order valence-electron chi connectivity index (χ4n) is 1.98. The molecule has 1 atom stereocenters. The Morgan fingerprint density at radius 2 is 2.00 bits per heavy atom. The molecule has 2 nitrogen and oxygen atoms in total. The average molecular weight is 221 g/mol. The van der Waals surface area contributed by atoms with Crippen molar-refractivity contribution in [2.24, 2.45) is 5.92 Å². The van der Waals surface area contributed by atoms with Crippen molar-refractivity contribution >= 4 is 0 Å². The number of hydrogen-bond acceptors (Lipinski definition) is 2. The van der Waals surface area contributed by atoms with Crippen LogP contribution in [0.2, 0.25) is 0 Å². The minimum Gasteiger partial charge on any atom is -0.496 e. The Balaban J connectivity index is 2.99. The minimum atomic E-state index is 0.371. The molecular formula is C14H23NO. The number of hydrogen-bond donors (Lipinski definition) is 1. The maximum atomic E-state index is 5.45. The molecule has 0 aliphatic heterocycles. The molecule has 0 saturated heterocycles. The Labute approximate surface area is 99.0 Å². The summed E-state index contributed by atoms with van der Waals surface area (Å²) < 4.78 is 5.45. The second-order valence-corrected chi connectivity index (χ2v) is 4.72. The highest BCUT2D eigenvalue weighted by Gasteiger charge is 2.15. The van der Waals surface area contributed by atoms with E-state index in [9.17, 15) is 0 Å². The second kappa shape index (κ2) is 5.90. The van der Waals surface area contributed by atoms with E-state index in [4.69, 9.17) is 4.74 Å². The van der Waals surface area contributed by atoms with Gasteiger partial charge in [-0.3, -0.25) is 0 Å². The first-order chi connectivity index (χ1) is 7.58. The van der Waals surface area contributed by atoms with Gasteiger partial charge in [0.15, 0.2) is 0 Å². The first kappa shape index (κ1) is 13.0. The third-order valence-electron chi connectivity index (χ3n) is 2.82. The van der Waals surface area contributed by atoms with E-state index in [0.717, 1.165) is 12.2 Å². The zero-order chi connectivity index (χ0) is 12.1. The van der Waals surface area contributed by atoms with Gasteiger partial charge in [0.1, 0.15) is 5.75 Å². The molecule has 2 heteroatoms. The number of methoxy groups -OCH3 is 1. The van der Waals surface area contributed by atoms with Crippen molar-refractivity contribution in [1.29, 1.82) is 0 Å². The molecule has 1 aromatic rings. The normalized spacial score (nSPS) is 12.9. The SMILES string of the molecule is CNC(CC(C)C)c1ccc(C)cc1OC. The van der Waals surface area contributed by atoms with Crippen molar-refractivity contribution in [3.63, 3.8) is 0 Å². The largest absolute Gasteiger partial charge is 0.496 e. The van der Waals surface area contributed by atoms with Crippen LogP contribution in [-0.4, -0.2) is 14.2 Å². The van der Waals surface area contributed by atoms with E-state index in [0.29, 0.717) is 12.0 Å². The number of nitrogens with one attached hydrogen (secondary N) is 1. The van der Waals surface area contributed by atoms with Crippen molar-refractivity contribution < 1.29 is 4.74 Å². The summed E-state index contributed by atoms with van der Waals surface area (Å²) in [5.74, 6) is 1.66. The maximum Gasteiger partial charge on any atom is 0.123 e. The third kappa shape index (κ3) is 3.24. The number of ether oxygens (including phenoxy) is 1. The summed E-state index contributed by atoms with van der Waals surface area (Å²) in [6, 6.07) is 6.77. The molecule has 1 N–H and O–H groups in total. The summed E-state index contributed by atoms with van der Waals surface area (Å²) >= 11 is 0. The van der Waals surface area contributed by atoms with Gasteiger partial charge in [-0.2, -0.15) is 0 Å². The molecule has 1 rings (SSSR count). The fraction of sp³-hybridized carbons (Fsp3) is 0.571. The van der Waals surface area contributed by atoms with Crippen LogP contribution < -0.4 is 10.1 Å². The standard InChI is InChI=1S/C14H23NO/c1-10(2)8-13(15-4)12-7-6-11(3)9-14(12)16-5/h6-7,9-10,13,15H,8H2,1-5H3. The Morgan fingerprint density at radius 1 is 1.31 bits per heavy atom. The minimum absolute atomic E-state index is 0.371. The lowest BCUT2D eigenvalue weighted by Gasteiger charge is -2.21. The number of aryl methyl sites for hydroxylation is 1. The zero-order valence-corrected chi connectivity index (χ0v) is 11.0. The van der Waals surface area contributed by atoms with E-state index in [2.05, 4.69) is 44.3 Å². The molecule has 0 aliphatic carbocycles. The average Bonchev–Trinajstić information content (AvgIpc) is 2.25. The molecule has 0 fully saturated rings. The Kier molecular flexibility index (Phi) is 4.81. The van der Waals surface area contributed by atoms with Gasteiger partial charge >= 0.3 is 0 Å². The molecule has 1 unspecified atom stereocenters. The molecule has 0 aromatic heterocycles. The van der Waals surface area contributed by atoms with Crippen molar-refractivity contribution in [1.82, 2.24) is 5.32 Å². The molecule has 0 spiro atoms. The van der Waals surface area contributed by atoms with Crippen LogP contribution >= 0.6 is 0 Å². The maximum absolute atomic E-state index is 5.45. The van der Waals surface area contributed by atoms with E-state index in [1.165, 1.54) is 11.1 Å². The van der Waals surface area contributed by atoms with Gasteiger partial charge in [-0.25, -0.2) is 0 Å². The lowest BCUT2D eigenvalue weighted by atomic mass is 9.95. The van der Waals surface area contributed by atoms with Crippen LogP contribution in [0.15, 0.2) is 18.2 Å². The van der Waals surface area contributed by atoms with Crippen molar-refractivity contribution in [2.45, 2.75) is 33.2 Å². The smallest absolute Gasteiger partial charge is 0.123 e. The quantitative estimate of drug-likeness (QED) is 0.823. The van der Waals surface area contributed by atoms with Crippen molar-refractivity contribution in [2.75, 3.05) is 14.2 Å². The van der Waals surface area contributed by atoms with Crippen LogP contribution in [0, 0.1) is 12.8 Å². The lowest BCUT2D eigenvalue weighted by molar-refractivity contribution is 0.388. The molecule has 0 aliphatic rings. The van der Waals surface area contributed by atoms with Crippen molar-refractivity contribution in [3.8, 4) is 5.75 Å². The van der Waals surface area contributed by atoms with Gasteiger partial charge in [0.05, 0.1) is 7.11 Å². The molecule has 0 saturated carbocycles. The van der Waals surface area contributed by atoms with Crippen LogP contribution in [0.4, 0.5) is 0 Å². The Morgan fingerprint density at radius 3 is 2.50 bits per heavy atom. The molecule has 0 amide bonds. The molecule has 0 heterocycles. The van der Waals surface area contributed by atoms with Crippen LogP contribution in [0.25, 0.3) is 0 Å². The molecule has 0 radical (unpaired) electrons. The van der Waals surface area contributed by atoms with E-state index in [1.54, 1.807) is 7.11 Å². The van der Waals surface area contributed by atoms with Gasteiger partial charge in [-0.15, -0.1) is 0 Å². The van der Waals surface area contributed by atoms with Crippen LogP contribution in [0.1, 0.15) is 37.4 Å². The van der Waals surface area contributed by atoms with Crippen LogP contribution in [0.5, 0.6) is 5.75 Å². The summed E-state index contributed by atoms with van der Waals surface area (Å²) in [6.07, 6.45) is 1.12. The van der Waals surface area contributed by atoms with Gasteiger partial charge in [0.25, 0.3) is 0 Å².